The highest BCUT2D eigenvalue weighted by Crippen LogP contribution is 2.29. The fourth-order valence-electron chi connectivity index (χ4n) is 3.18. The summed E-state index contributed by atoms with van der Waals surface area (Å²) in [6.45, 7) is 7.38. The van der Waals surface area contributed by atoms with E-state index in [-0.39, 0.29) is 11.8 Å². The summed E-state index contributed by atoms with van der Waals surface area (Å²) in [7, 11) is 2.16. The molecule has 0 saturated heterocycles. The molecule has 3 heterocycles. The molecule has 0 saturated carbocycles. The Bertz CT molecular complexity index is 689. The number of nitrogens with zero attached hydrogens (tertiary/aromatic N) is 3. The van der Waals surface area contributed by atoms with Gasteiger partial charge in [0.25, 0.3) is 0 Å². The van der Waals surface area contributed by atoms with Crippen LogP contribution in [0.4, 0.5) is 0 Å². The van der Waals surface area contributed by atoms with Gasteiger partial charge >= 0.3 is 0 Å². The third kappa shape index (κ3) is 2.73. The van der Waals surface area contributed by atoms with E-state index in [0.29, 0.717) is 6.54 Å². The lowest BCUT2D eigenvalue weighted by molar-refractivity contribution is -0.124. The first kappa shape index (κ1) is 15.0. The molecule has 0 aliphatic carbocycles. The number of carbonyl (C=O) groups excluding carboxylic acids is 1. The molecule has 0 bridgehead atoms. The Morgan fingerprint density at radius 2 is 2.27 bits per heavy atom. The first-order valence-corrected chi connectivity index (χ1v) is 7.98. The molecule has 22 heavy (non-hydrogen) atoms. The van der Waals surface area contributed by atoms with E-state index in [1.807, 2.05) is 26.2 Å². The highest BCUT2D eigenvalue weighted by molar-refractivity contribution is 5.85. The molecule has 118 valence electrons. The normalized spacial score (nSPS) is 15.3. The monoisotopic (exact) mass is 300 g/mol. The number of pyridine rings is 1. The Balaban J connectivity index is 1.87. The number of aromatic nitrogens is 2. The second-order valence-electron chi connectivity index (χ2n) is 6.40. The van der Waals surface area contributed by atoms with Gasteiger partial charge in [0.15, 0.2) is 0 Å². The second-order valence-corrected chi connectivity index (χ2v) is 6.40. The van der Waals surface area contributed by atoms with E-state index in [9.17, 15) is 4.79 Å². The van der Waals surface area contributed by atoms with Crippen LogP contribution in [0.15, 0.2) is 18.5 Å². The first-order valence-electron chi connectivity index (χ1n) is 7.98. The molecule has 0 atom stereocenters. The Hall–Kier alpha value is -1.88. The summed E-state index contributed by atoms with van der Waals surface area (Å²) in [4.78, 5) is 18.4. The van der Waals surface area contributed by atoms with Crippen molar-refractivity contribution in [3.63, 3.8) is 0 Å². The van der Waals surface area contributed by atoms with E-state index in [1.165, 1.54) is 22.2 Å². The van der Waals surface area contributed by atoms with Crippen LogP contribution in [0, 0.1) is 5.92 Å². The number of rotatable bonds is 4. The zero-order valence-electron chi connectivity index (χ0n) is 13.6. The zero-order valence-corrected chi connectivity index (χ0v) is 13.6. The molecule has 0 aromatic carbocycles. The lowest BCUT2D eigenvalue weighted by Gasteiger charge is -2.24. The molecule has 2 aromatic rings. The third-order valence-corrected chi connectivity index (χ3v) is 4.41. The molecule has 1 amide bonds. The van der Waals surface area contributed by atoms with Crippen molar-refractivity contribution < 1.29 is 4.79 Å². The molecule has 0 unspecified atom stereocenters. The molecule has 0 radical (unpaired) electrons. The van der Waals surface area contributed by atoms with Gasteiger partial charge < -0.3 is 14.8 Å². The fraction of sp³-hybridized carbons (Fsp3) is 0.529. The van der Waals surface area contributed by atoms with E-state index in [4.69, 9.17) is 0 Å². The summed E-state index contributed by atoms with van der Waals surface area (Å²) in [6.07, 6.45) is 4.87. The molecule has 1 N–H and O–H groups in total. The van der Waals surface area contributed by atoms with E-state index >= 15 is 0 Å². The van der Waals surface area contributed by atoms with Gasteiger partial charge in [0, 0.05) is 62.0 Å². The summed E-state index contributed by atoms with van der Waals surface area (Å²) in [5, 5.41) is 4.26. The smallest absolute Gasteiger partial charge is 0.222 e. The number of hydrogen-bond acceptors (Lipinski definition) is 3. The van der Waals surface area contributed by atoms with Crippen molar-refractivity contribution in [1.29, 1.82) is 0 Å². The average Bonchev–Trinajstić information content (AvgIpc) is 2.81. The molecule has 5 heteroatoms. The van der Waals surface area contributed by atoms with Gasteiger partial charge in [0.2, 0.25) is 5.91 Å². The van der Waals surface area contributed by atoms with Crippen LogP contribution < -0.4 is 5.32 Å². The lowest BCUT2D eigenvalue weighted by Crippen LogP contribution is -2.32. The minimum absolute atomic E-state index is 0.0353. The maximum atomic E-state index is 11.7. The molecule has 1 aliphatic heterocycles. The number of hydrogen-bond donors (Lipinski definition) is 1. The predicted octanol–water partition coefficient (Wildman–Crippen LogP) is 1.80. The van der Waals surface area contributed by atoms with Gasteiger partial charge in [-0.1, -0.05) is 13.8 Å². The fourth-order valence-corrected chi connectivity index (χ4v) is 3.18. The number of likely N-dealkylation sites (N-methyl/N-ethyl adjacent to an activating group) is 1. The lowest BCUT2D eigenvalue weighted by atomic mass is 10.1. The minimum atomic E-state index is 0.0353. The van der Waals surface area contributed by atoms with Gasteiger partial charge in [-0.2, -0.15) is 0 Å². The van der Waals surface area contributed by atoms with E-state index in [2.05, 4.69) is 32.9 Å². The molecule has 3 rings (SSSR count). The predicted molar refractivity (Wildman–Crippen MR) is 87.6 cm³/mol. The molecular weight excluding hydrogens is 276 g/mol. The third-order valence-electron chi connectivity index (χ3n) is 4.41. The van der Waals surface area contributed by atoms with Gasteiger partial charge in [-0.3, -0.25) is 9.78 Å². The molecule has 0 fully saturated rings. The Morgan fingerprint density at radius 1 is 1.45 bits per heavy atom. The Morgan fingerprint density at radius 3 is 3.05 bits per heavy atom. The number of carbonyl (C=O) groups is 1. The molecule has 5 nitrogen and oxygen atoms in total. The largest absolute Gasteiger partial charge is 0.354 e. The van der Waals surface area contributed by atoms with Gasteiger partial charge in [-0.15, -0.1) is 0 Å². The second kappa shape index (κ2) is 6.08. The summed E-state index contributed by atoms with van der Waals surface area (Å²) < 4.78 is 2.36. The van der Waals surface area contributed by atoms with Crippen LogP contribution in [0.25, 0.3) is 10.9 Å². The van der Waals surface area contributed by atoms with E-state index in [1.54, 1.807) is 0 Å². The SMILES string of the molecule is CC(C)C(=O)NCCn1c2c(c3cnccc31)CN(C)CC2. The minimum Gasteiger partial charge on any atom is -0.354 e. The number of fused-ring (bicyclic) bond motifs is 3. The van der Waals surface area contributed by atoms with Crippen molar-refractivity contribution in [3.05, 3.63) is 29.7 Å². The van der Waals surface area contributed by atoms with Crippen molar-refractivity contribution in [1.82, 2.24) is 19.8 Å². The maximum Gasteiger partial charge on any atom is 0.222 e. The van der Waals surface area contributed by atoms with Crippen LogP contribution in [0.5, 0.6) is 0 Å². The number of amides is 1. The maximum absolute atomic E-state index is 11.7. The Labute approximate surface area is 131 Å². The van der Waals surface area contributed by atoms with Gasteiger partial charge in [-0.05, 0) is 18.7 Å². The first-order chi connectivity index (χ1) is 10.6. The van der Waals surface area contributed by atoms with Crippen LogP contribution >= 0.6 is 0 Å². The van der Waals surface area contributed by atoms with Gasteiger partial charge in [-0.25, -0.2) is 0 Å². The average molecular weight is 300 g/mol. The van der Waals surface area contributed by atoms with Crippen molar-refractivity contribution in [2.24, 2.45) is 5.92 Å². The summed E-state index contributed by atoms with van der Waals surface area (Å²) in [5.41, 5.74) is 4.03. The highest BCUT2D eigenvalue weighted by atomic mass is 16.1. The van der Waals surface area contributed by atoms with Crippen LogP contribution in [0.3, 0.4) is 0 Å². The zero-order chi connectivity index (χ0) is 15.7. The molecule has 0 spiro atoms. The van der Waals surface area contributed by atoms with Gasteiger partial charge in [0.05, 0.1) is 5.52 Å². The molecular formula is C17H24N4O. The highest BCUT2D eigenvalue weighted by Gasteiger charge is 2.22. The molecule has 2 aromatic heterocycles. The molecule has 1 aliphatic rings. The standard InChI is InChI=1S/C17H24N4O/c1-12(2)17(22)19-7-9-21-15-4-6-18-10-13(15)14-11-20(3)8-5-16(14)21/h4,6,10,12H,5,7-9,11H2,1-3H3,(H,19,22). The summed E-state index contributed by atoms with van der Waals surface area (Å²) >= 11 is 0. The van der Waals surface area contributed by atoms with Crippen LogP contribution in [0.2, 0.25) is 0 Å². The van der Waals surface area contributed by atoms with Crippen molar-refractivity contribution >= 4 is 16.8 Å². The van der Waals surface area contributed by atoms with Crippen LogP contribution in [-0.2, 0) is 24.3 Å². The van der Waals surface area contributed by atoms with E-state index in [0.717, 1.165) is 26.1 Å². The topological polar surface area (TPSA) is 50.2 Å². The summed E-state index contributed by atoms with van der Waals surface area (Å²) in [6, 6.07) is 2.08. The van der Waals surface area contributed by atoms with E-state index < -0.39 is 0 Å². The van der Waals surface area contributed by atoms with Crippen molar-refractivity contribution in [2.45, 2.75) is 33.4 Å². The Kier molecular flexibility index (Phi) is 4.16. The quantitative estimate of drug-likeness (QED) is 0.936. The van der Waals surface area contributed by atoms with Gasteiger partial charge in [0.1, 0.15) is 0 Å². The van der Waals surface area contributed by atoms with Crippen LogP contribution in [-0.4, -0.2) is 40.5 Å². The van der Waals surface area contributed by atoms with Crippen molar-refractivity contribution in [2.75, 3.05) is 20.1 Å². The summed E-state index contributed by atoms with van der Waals surface area (Å²) in [5.74, 6) is 0.153. The van der Waals surface area contributed by atoms with Crippen molar-refractivity contribution in [3.8, 4) is 0 Å². The van der Waals surface area contributed by atoms with Crippen LogP contribution in [0.1, 0.15) is 25.1 Å². The number of nitrogens with one attached hydrogen (secondary N) is 1.